The molecule has 0 amide bonds. The Morgan fingerprint density at radius 1 is 1.53 bits per heavy atom. The second kappa shape index (κ2) is 4.53. The van der Waals surface area contributed by atoms with Crippen molar-refractivity contribution in [1.82, 2.24) is 0 Å². The Kier molecular flexibility index (Phi) is 3.31. The maximum Gasteiger partial charge on any atom is 0.346 e. The van der Waals surface area contributed by atoms with Gasteiger partial charge in [0.25, 0.3) is 0 Å². The van der Waals surface area contributed by atoms with Crippen molar-refractivity contribution in [3.63, 3.8) is 0 Å². The molecule has 1 saturated carbocycles. The van der Waals surface area contributed by atoms with E-state index in [1.807, 2.05) is 0 Å². The summed E-state index contributed by atoms with van der Waals surface area (Å²) in [5, 5.41) is 8.82. The molecule has 0 bridgehead atoms. The fourth-order valence-electron chi connectivity index (χ4n) is 1.72. The van der Waals surface area contributed by atoms with Gasteiger partial charge in [0.2, 0.25) is 0 Å². The fourth-order valence-corrected chi connectivity index (χ4v) is 3.11. The lowest BCUT2D eigenvalue weighted by Crippen LogP contribution is -2.10. The van der Waals surface area contributed by atoms with Crippen LogP contribution in [0, 0.1) is 0 Å². The van der Waals surface area contributed by atoms with Crippen molar-refractivity contribution in [2.45, 2.75) is 31.8 Å². The summed E-state index contributed by atoms with van der Waals surface area (Å²) in [6.45, 7) is 0. The highest BCUT2D eigenvalue weighted by atomic mass is 79.9. The molecule has 1 aliphatic rings. The maximum absolute atomic E-state index is 10.7. The van der Waals surface area contributed by atoms with Gasteiger partial charge < -0.3 is 9.84 Å². The Balaban J connectivity index is 2.10. The van der Waals surface area contributed by atoms with Crippen LogP contribution in [0.2, 0.25) is 0 Å². The van der Waals surface area contributed by atoms with Crippen LogP contribution in [0.5, 0.6) is 5.75 Å². The molecule has 0 saturated heterocycles. The summed E-state index contributed by atoms with van der Waals surface area (Å²) >= 11 is 4.52. The summed E-state index contributed by atoms with van der Waals surface area (Å²) < 4.78 is 6.51. The van der Waals surface area contributed by atoms with E-state index in [2.05, 4.69) is 15.9 Å². The Morgan fingerprint density at radius 3 is 2.73 bits per heavy atom. The van der Waals surface area contributed by atoms with Gasteiger partial charge >= 0.3 is 5.97 Å². The van der Waals surface area contributed by atoms with Gasteiger partial charge in [-0.25, -0.2) is 4.79 Å². The molecule has 1 aliphatic carbocycles. The van der Waals surface area contributed by atoms with Gasteiger partial charge in [-0.3, -0.25) is 0 Å². The van der Waals surface area contributed by atoms with Crippen molar-refractivity contribution in [2.24, 2.45) is 0 Å². The smallest absolute Gasteiger partial charge is 0.346 e. The molecule has 2 rings (SSSR count). The average Bonchev–Trinajstić information content (AvgIpc) is 2.77. The van der Waals surface area contributed by atoms with Crippen LogP contribution in [-0.4, -0.2) is 17.2 Å². The number of rotatable bonds is 3. The standard InChI is InChI=1S/C10H11BrO3S/c11-9-7(5-8(15-9)10(12)13)14-6-3-1-2-4-6/h5-6H,1-4H2,(H,12,13). The summed E-state index contributed by atoms with van der Waals surface area (Å²) in [4.78, 5) is 11.1. The number of ether oxygens (including phenoxy) is 1. The van der Waals surface area contributed by atoms with Crippen molar-refractivity contribution < 1.29 is 14.6 Å². The van der Waals surface area contributed by atoms with Crippen molar-refractivity contribution in [3.8, 4) is 5.75 Å². The summed E-state index contributed by atoms with van der Waals surface area (Å²) in [7, 11) is 0. The average molecular weight is 291 g/mol. The van der Waals surface area contributed by atoms with E-state index >= 15 is 0 Å². The summed E-state index contributed by atoms with van der Waals surface area (Å²) in [5.41, 5.74) is 0. The van der Waals surface area contributed by atoms with Gasteiger partial charge in [-0.05, 0) is 41.6 Å². The molecule has 82 valence electrons. The monoisotopic (exact) mass is 290 g/mol. The Hall–Kier alpha value is -0.550. The quantitative estimate of drug-likeness (QED) is 0.926. The van der Waals surface area contributed by atoms with Crippen molar-refractivity contribution >= 4 is 33.2 Å². The number of carboxylic acid groups (broad SMARTS) is 1. The number of carbonyl (C=O) groups is 1. The van der Waals surface area contributed by atoms with E-state index in [0.29, 0.717) is 10.6 Å². The number of halogens is 1. The highest BCUT2D eigenvalue weighted by Gasteiger charge is 2.20. The SMILES string of the molecule is O=C(O)c1cc(OC2CCCC2)c(Br)s1. The first-order valence-electron chi connectivity index (χ1n) is 4.86. The topological polar surface area (TPSA) is 46.5 Å². The predicted molar refractivity (Wildman–Crippen MR) is 61.9 cm³/mol. The van der Waals surface area contributed by atoms with Gasteiger partial charge in [-0.1, -0.05) is 0 Å². The van der Waals surface area contributed by atoms with Crippen LogP contribution >= 0.6 is 27.3 Å². The third-order valence-electron chi connectivity index (χ3n) is 2.46. The lowest BCUT2D eigenvalue weighted by Gasteiger charge is -2.11. The van der Waals surface area contributed by atoms with E-state index in [-0.39, 0.29) is 6.10 Å². The van der Waals surface area contributed by atoms with Gasteiger partial charge in [0, 0.05) is 6.07 Å². The van der Waals surface area contributed by atoms with Crippen molar-refractivity contribution in [2.75, 3.05) is 0 Å². The molecule has 1 aromatic heterocycles. The zero-order valence-corrected chi connectivity index (χ0v) is 10.4. The van der Waals surface area contributed by atoms with Crippen LogP contribution in [0.4, 0.5) is 0 Å². The van der Waals surface area contributed by atoms with Gasteiger partial charge in [-0.2, -0.15) is 0 Å². The molecular weight excluding hydrogens is 280 g/mol. The minimum Gasteiger partial charge on any atom is -0.488 e. The molecule has 1 heterocycles. The molecule has 0 atom stereocenters. The molecule has 0 aromatic carbocycles. The van der Waals surface area contributed by atoms with Crippen LogP contribution in [0.3, 0.4) is 0 Å². The first kappa shape index (κ1) is 11.0. The first-order valence-corrected chi connectivity index (χ1v) is 6.47. The highest BCUT2D eigenvalue weighted by molar-refractivity contribution is 9.11. The van der Waals surface area contributed by atoms with Gasteiger partial charge in [-0.15, -0.1) is 11.3 Å². The number of hydrogen-bond donors (Lipinski definition) is 1. The van der Waals surface area contributed by atoms with E-state index in [4.69, 9.17) is 9.84 Å². The molecule has 1 N–H and O–H groups in total. The highest BCUT2D eigenvalue weighted by Crippen LogP contribution is 2.36. The third kappa shape index (κ3) is 2.52. The molecule has 3 nitrogen and oxygen atoms in total. The molecule has 0 aliphatic heterocycles. The summed E-state index contributed by atoms with van der Waals surface area (Å²) in [5.74, 6) is -0.230. The Morgan fingerprint density at radius 2 is 2.20 bits per heavy atom. The molecule has 0 radical (unpaired) electrons. The van der Waals surface area contributed by atoms with Crippen LogP contribution in [-0.2, 0) is 0 Å². The van der Waals surface area contributed by atoms with E-state index in [1.54, 1.807) is 6.07 Å². The van der Waals surface area contributed by atoms with E-state index in [0.717, 1.165) is 16.6 Å². The minimum atomic E-state index is -0.901. The summed E-state index contributed by atoms with van der Waals surface area (Å²) in [6.07, 6.45) is 4.82. The molecular formula is C10H11BrO3S. The van der Waals surface area contributed by atoms with Crippen molar-refractivity contribution in [3.05, 3.63) is 14.7 Å². The fraction of sp³-hybridized carbons (Fsp3) is 0.500. The van der Waals surface area contributed by atoms with Crippen LogP contribution in [0.25, 0.3) is 0 Å². The Bertz CT molecular complexity index is 369. The largest absolute Gasteiger partial charge is 0.488 e. The number of hydrogen-bond acceptors (Lipinski definition) is 3. The van der Waals surface area contributed by atoms with E-state index in [1.165, 1.54) is 24.2 Å². The molecule has 0 unspecified atom stereocenters. The van der Waals surface area contributed by atoms with Crippen LogP contribution in [0.15, 0.2) is 9.85 Å². The predicted octanol–water partition coefficient (Wildman–Crippen LogP) is 3.53. The molecule has 1 fully saturated rings. The van der Waals surface area contributed by atoms with Crippen LogP contribution in [0.1, 0.15) is 35.4 Å². The van der Waals surface area contributed by atoms with Gasteiger partial charge in [0.15, 0.2) is 0 Å². The minimum absolute atomic E-state index is 0.262. The Labute approximate surface area is 100 Å². The zero-order chi connectivity index (χ0) is 10.8. The molecule has 15 heavy (non-hydrogen) atoms. The second-order valence-electron chi connectivity index (χ2n) is 3.58. The number of carboxylic acids is 1. The maximum atomic E-state index is 10.7. The van der Waals surface area contributed by atoms with E-state index < -0.39 is 5.97 Å². The summed E-state index contributed by atoms with van der Waals surface area (Å²) in [6, 6.07) is 1.59. The lowest BCUT2D eigenvalue weighted by molar-refractivity contribution is 0.0701. The number of aromatic carboxylic acids is 1. The number of thiophene rings is 1. The van der Waals surface area contributed by atoms with Gasteiger partial charge in [0.05, 0.1) is 6.10 Å². The molecule has 0 spiro atoms. The zero-order valence-electron chi connectivity index (χ0n) is 8.03. The first-order chi connectivity index (χ1) is 7.16. The van der Waals surface area contributed by atoms with Crippen LogP contribution < -0.4 is 4.74 Å². The lowest BCUT2D eigenvalue weighted by atomic mass is 10.3. The third-order valence-corrected chi connectivity index (χ3v) is 4.23. The van der Waals surface area contributed by atoms with Gasteiger partial charge in [0.1, 0.15) is 14.4 Å². The second-order valence-corrected chi connectivity index (χ2v) is 5.95. The van der Waals surface area contributed by atoms with E-state index in [9.17, 15) is 4.79 Å². The molecule has 5 heteroatoms. The normalized spacial score (nSPS) is 16.9. The molecule has 1 aromatic rings. The van der Waals surface area contributed by atoms with Crippen molar-refractivity contribution in [1.29, 1.82) is 0 Å².